The van der Waals surface area contributed by atoms with E-state index in [1.54, 1.807) is 24.3 Å². The summed E-state index contributed by atoms with van der Waals surface area (Å²) >= 11 is 0. The molecule has 70 heteroatoms. The van der Waals surface area contributed by atoms with Gasteiger partial charge in [-0.2, -0.15) is 15.0 Å². The van der Waals surface area contributed by atoms with Crippen LogP contribution in [0.1, 0.15) is 42.4 Å². The summed E-state index contributed by atoms with van der Waals surface area (Å²) in [6.07, 6.45) is -28.6. The van der Waals surface area contributed by atoms with Gasteiger partial charge in [0, 0.05) is 23.6 Å². The largest absolute Gasteiger partial charge is 0.472 e. The number of H-pyrrole nitrogens is 3. The van der Waals surface area contributed by atoms with Crippen molar-refractivity contribution in [1.29, 1.82) is 0 Å². The van der Waals surface area contributed by atoms with Crippen LogP contribution < -0.4 is 51.1 Å². The van der Waals surface area contributed by atoms with E-state index in [1.807, 2.05) is 0 Å². The lowest BCUT2D eigenvalue weighted by atomic mass is 10.0. The summed E-state index contributed by atoms with van der Waals surface area (Å²) < 4.78 is 183. The number of aromatic amines is 3. The number of aliphatic hydroxyl groups is 6. The van der Waals surface area contributed by atoms with Gasteiger partial charge in [0.15, 0.2) is 70.3 Å². The minimum Gasteiger partial charge on any atom is -0.398 e. The van der Waals surface area contributed by atoms with Gasteiger partial charge >= 0.3 is 46.9 Å². The monoisotopic (exact) mass is 2020 g/mol. The molecule has 1 aromatic carbocycles. The average Bonchev–Trinajstić information content (AvgIpc) is 1.63. The van der Waals surface area contributed by atoms with Crippen LogP contribution >= 0.6 is 46.9 Å². The maximum absolute atomic E-state index is 13.2. The number of phosphoric acid groups is 6. The molecule has 11 aromatic rings. The topological polar surface area (TPSA) is 932 Å². The maximum Gasteiger partial charge on any atom is 0.472 e. The van der Waals surface area contributed by atoms with Gasteiger partial charge in [0.05, 0.1) is 106 Å². The average molecular weight is 2020 g/mol. The Bertz CT molecular complexity index is 6730. The van der Waals surface area contributed by atoms with E-state index in [0.717, 1.165) is 32.7 Å². The molecule has 27 N–H and O–H groups in total. The third kappa shape index (κ3) is 18.1. The molecule has 10 aromatic heterocycles. The summed E-state index contributed by atoms with van der Waals surface area (Å²) in [5, 5.41) is 66.5. The summed E-state index contributed by atoms with van der Waals surface area (Å²) in [5.74, 6) is -0.836. The second kappa shape index (κ2) is 35.6. The number of para-hydroxylation sites is 1. The van der Waals surface area contributed by atoms with Crippen LogP contribution in [0.25, 0.3) is 55.7 Å². The number of benzene rings is 1. The lowest BCUT2D eigenvalue weighted by molar-refractivity contribution is -0.0672. The molecule has 0 amide bonds. The summed E-state index contributed by atoms with van der Waals surface area (Å²) in [4.78, 5) is 153. The number of aliphatic hydroxyl groups excluding tert-OH is 6. The van der Waals surface area contributed by atoms with Crippen molar-refractivity contribution in [2.24, 2.45) is 4.99 Å². The molecule has 10 aliphatic rings. The van der Waals surface area contributed by atoms with Crippen LogP contribution in [0.3, 0.4) is 0 Å². The summed E-state index contributed by atoms with van der Waals surface area (Å²) in [5.41, 5.74) is 35.4. The number of hydrogen-bond acceptors (Lipinski definition) is 50. The summed E-state index contributed by atoms with van der Waals surface area (Å²) in [6.45, 7) is -4.71. The molecule has 64 nitrogen and oxygen atoms in total. The zero-order chi connectivity index (χ0) is 95.5. The van der Waals surface area contributed by atoms with Crippen LogP contribution in [0, 0.1) is 0 Å². The molecular weight excluding hydrogens is 1940 g/mol. The first-order valence-electron chi connectivity index (χ1n) is 39.6. The van der Waals surface area contributed by atoms with Crippen molar-refractivity contribution in [2.45, 2.75) is 154 Å². The van der Waals surface area contributed by atoms with Crippen LogP contribution in [-0.2, 0) is 117 Å². The second-order valence-corrected chi connectivity index (χ2v) is 39.7. The highest BCUT2D eigenvalue weighted by Crippen LogP contribution is 2.59. The van der Waals surface area contributed by atoms with E-state index in [9.17, 15) is 102 Å². The zero-order valence-electron chi connectivity index (χ0n) is 67.9. The molecular formula is C65H77N25O39P6. The van der Waals surface area contributed by atoms with Crippen LogP contribution in [0.2, 0.25) is 0 Å². The van der Waals surface area contributed by atoms with Gasteiger partial charge in [-0.3, -0.25) is 112 Å². The minimum absolute atomic E-state index is 0.120. The van der Waals surface area contributed by atoms with E-state index >= 15 is 0 Å². The van der Waals surface area contributed by atoms with Gasteiger partial charge < -0.3 is 127 Å². The number of nitrogen functional groups attached to an aromatic ring is 6. The predicted octanol–water partition coefficient (Wildman–Crippen LogP) is -4.78. The number of nitrogens with two attached hydrogens (primary N) is 6. The molecule has 0 spiro atoms. The third-order valence-electron chi connectivity index (χ3n) is 22.7. The SMILES string of the molecule is Nc1nc2c(ncn2[C@@H]2O[C@@H]3COP(=O)(O)O[C@H]4[C@@H](O)[C@H](C5=NCc6c(N)ccnc65)O[C@@H]4COP(=O)(O)O[C@@H]2[C@@H]3O)c(=O)[nH]1.Nc1nc2c(ncn2[C@@H]2O[C@@H]3COP(=O)(O)O[C@H]4[C@@H](O)[C@H](n5cnc6c(N)cccc65)O[C@@H]4COP(=O)(O)O[C@@H]2[C@@H]3O)c(=O)[nH]1.Nc1nc2c(ncn2[C@@H]2O[C@@H]3COP(=O)(O)O[C@H]4[C@H](O)[C@H](n5cnc6c(N)ccnc65)O[C@@H]4COP(=O)(O)O[C@@H]2[C@@H]3O)c(=O)[nH]1. The fourth-order valence-corrected chi connectivity index (χ4v) is 22.2. The van der Waals surface area contributed by atoms with Gasteiger partial charge in [-0.15, -0.1) is 0 Å². The zero-order valence-corrected chi connectivity index (χ0v) is 73.3. The first-order chi connectivity index (χ1) is 63.9. The molecule has 9 saturated heterocycles. The number of aliphatic imine (C=N–C) groups is 1. The molecule has 0 aliphatic carbocycles. The van der Waals surface area contributed by atoms with Crippen molar-refractivity contribution in [2.75, 3.05) is 74.0 Å². The highest BCUT2D eigenvalue weighted by atomic mass is 31.2. The quantitative estimate of drug-likeness (QED) is 0.0549. The van der Waals surface area contributed by atoms with Gasteiger partial charge in [-0.1, -0.05) is 6.07 Å². The number of phosphoric ester groups is 6. The van der Waals surface area contributed by atoms with E-state index < -0.39 is 250 Å². The molecule has 20 heterocycles. The van der Waals surface area contributed by atoms with Crippen LogP contribution in [0.15, 0.2) is 93.7 Å². The Morgan fingerprint density at radius 2 is 0.667 bits per heavy atom. The lowest BCUT2D eigenvalue weighted by Crippen LogP contribution is -2.39. The summed E-state index contributed by atoms with van der Waals surface area (Å²) in [7, 11) is -30.4. The third-order valence-corrected chi connectivity index (χ3v) is 28.6. The molecule has 21 rings (SSSR count). The lowest BCUT2D eigenvalue weighted by Gasteiger charge is -2.25. The van der Waals surface area contributed by atoms with E-state index in [1.165, 1.54) is 40.2 Å². The second-order valence-electron chi connectivity index (χ2n) is 31.2. The standard InChI is InChI=1S/2C22H26N8O13P2.C21H25N9O13P2/c23-8-1-2-25-11-7(8)3-26-12(11)17-15(32)16-10(40-17)5-39-45(36,37)43-18-14(31)9(4-38-44(34,35)42-16)41-21(18)30-6-27-13-19(30)28-22(24)29-20(13)33;23-8-2-1-3-9-12(8)25-6-29(9)20-15(32)16-11(41-20)5-39-45(36,37)43-17-14(31)10(4-38-44(34,35)42-16)40-21(17)30-7-26-13-18(30)27-22(24)28-19(13)33;22-7-1-2-24-16-10(7)25-5-29(16)19-13(32)14-9(41-19)4-39-45(36,37)43-15-12(31)8(3-38-44(34,35)42-14)40-20(15)30-6-26-11-17(30)27-21(23)28-18(11)33/h1-2,6,9-10,14-18,21,31-32H,3-5H2,(H2,23,25)(H,34,35)(H,36,37)(H3,24,28,29,33);1-3,6-7,10-11,14-17,20-21,31-32H,4-5,23H2,(H,34,35)(H,36,37)(H3,24,27,28,33);1-2,5-6,8-9,12-15,19-20,31-32H,3-4H2,(H2,22,24)(H,34,35)(H,36,37)(H3,23,27,28,33)/t9-,10-,14-,15-,16-,17+,18-,21-;10-,11-,14-,15-,16-,17-,20-,21-;8-,9-,12-,13+,14-,15-,19-,20-/m111/s1. The summed E-state index contributed by atoms with van der Waals surface area (Å²) in [6, 6.07) is 8.00. The Morgan fingerprint density at radius 3 is 1.09 bits per heavy atom. The van der Waals surface area contributed by atoms with Crippen molar-refractivity contribution >= 4 is 143 Å². The number of fused-ring (bicyclic) bond motifs is 15. The highest BCUT2D eigenvalue weighted by molar-refractivity contribution is 7.48. The number of ether oxygens (including phenoxy) is 6. The van der Waals surface area contributed by atoms with Crippen molar-refractivity contribution < 1.29 is 170 Å². The van der Waals surface area contributed by atoms with Gasteiger partial charge in [0.25, 0.3) is 16.7 Å². The number of nitrogens with one attached hydrogen (secondary N) is 3. The van der Waals surface area contributed by atoms with E-state index in [0.29, 0.717) is 33.7 Å². The van der Waals surface area contributed by atoms with Crippen molar-refractivity contribution in [3.8, 4) is 0 Å². The molecule has 135 heavy (non-hydrogen) atoms. The molecule has 6 unspecified atom stereocenters. The van der Waals surface area contributed by atoms with Crippen molar-refractivity contribution in [1.82, 2.24) is 87.6 Å². The molecule has 726 valence electrons. The van der Waals surface area contributed by atoms with Crippen LogP contribution in [0.5, 0.6) is 0 Å². The Balaban J connectivity index is 0.000000130. The van der Waals surface area contributed by atoms with E-state index in [2.05, 4.69) is 69.8 Å². The van der Waals surface area contributed by atoms with Gasteiger partial charge in [0.1, 0.15) is 127 Å². The number of imidazole rings is 5. The Morgan fingerprint density at radius 1 is 0.341 bits per heavy atom. The number of hydrogen-bond donors (Lipinski definition) is 21. The van der Waals surface area contributed by atoms with Crippen molar-refractivity contribution in [3.05, 3.63) is 117 Å². The number of rotatable bonds is 6. The number of aromatic nitrogens is 18. The predicted molar refractivity (Wildman–Crippen MR) is 441 cm³/mol. The first-order valence-corrected chi connectivity index (χ1v) is 48.6. The number of nitrogens with zero attached hydrogens (tertiary/aromatic N) is 16. The Labute approximate surface area is 747 Å². The highest BCUT2D eigenvalue weighted by Gasteiger charge is 2.60. The fourth-order valence-electron chi connectivity index (χ4n) is 16.5. The minimum atomic E-state index is -5.11. The van der Waals surface area contributed by atoms with E-state index in [4.69, 9.17) is 117 Å². The normalized spacial score (nSPS) is 38.0. The first kappa shape index (κ1) is 94.1. The maximum atomic E-state index is 13.2. The van der Waals surface area contributed by atoms with E-state index in [-0.39, 0.29) is 80.4 Å². The number of anilines is 6. The van der Waals surface area contributed by atoms with Gasteiger partial charge in [-0.25, -0.2) is 57.3 Å². The van der Waals surface area contributed by atoms with Gasteiger partial charge in [0.2, 0.25) is 17.8 Å². The Hall–Kier alpha value is -9.84. The molecule has 10 aliphatic heterocycles. The molecule has 0 radical (unpaired) electrons. The molecule has 30 atom stereocenters. The van der Waals surface area contributed by atoms with Crippen LogP contribution in [-0.4, -0.2) is 309 Å². The molecule has 6 bridgehead atoms. The van der Waals surface area contributed by atoms with Crippen LogP contribution in [0.4, 0.5) is 34.9 Å². The fraction of sp³-hybridized carbons (Fsp3) is 0.477. The Kier molecular flexibility index (Phi) is 24.8. The number of pyridine rings is 2. The molecule has 9 fully saturated rings. The van der Waals surface area contributed by atoms with Gasteiger partial charge in [-0.05, 0) is 24.3 Å². The molecule has 0 saturated carbocycles. The smallest absolute Gasteiger partial charge is 0.398 e. The van der Waals surface area contributed by atoms with Crippen molar-refractivity contribution in [3.63, 3.8) is 0 Å².